The number of aliphatic hydroxyl groups is 1. The van der Waals surface area contributed by atoms with Gasteiger partial charge in [-0.1, -0.05) is 30.0 Å². The lowest BCUT2D eigenvalue weighted by Crippen LogP contribution is -2.08. The lowest BCUT2D eigenvalue weighted by molar-refractivity contribution is 0.129. The number of hydrogen-bond donors (Lipinski definition) is 1. The first-order valence-electron chi connectivity index (χ1n) is 6.77. The Labute approximate surface area is 119 Å². The molecule has 1 aliphatic rings. The summed E-state index contributed by atoms with van der Waals surface area (Å²) in [6.45, 7) is 1.05. The van der Waals surface area contributed by atoms with Crippen LogP contribution >= 0.6 is 11.8 Å². The summed E-state index contributed by atoms with van der Waals surface area (Å²) < 4.78 is 5.62. The first-order valence-corrected chi connectivity index (χ1v) is 7.92. The second-order valence-corrected chi connectivity index (χ2v) is 5.61. The van der Waals surface area contributed by atoms with Crippen molar-refractivity contribution in [2.75, 3.05) is 19.0 Å². The molecular formula is C16H20O2S. The van der Waals surface area contributed by atoms with Crippen molar-refractivity contribution < 1.29 is 9.84 Å². The fourth-order valence-electron chi connectivity index (χ4n) is 2.06. The van der Waals surface area contributed by atoms with Gasteiger partial charge in [0.15, 0.2) is 0 Å². The molecule has 0 amide bonds. The Morgan fingerprint density at radius 2 is 2.26 bits per heavy atom. The van der Waals surface area contributed by atoms with Crippen molar-refractivity contribution >= 4 is 11.8 Å². The van der Waals surface area contributed by atoms with Gasteiger partial charge in [-0.3, -0.25) is 0 Å². The van der Waals surface area contributed by atoms with Gasteiger partial charge in [0.25, 0.3) is 0 Å². The van der Waals surface area contributed by atoms with Gasteiger partial charge in [0.1, 0.15) is 0 Å². The van der Waals surface area contributed by atoms with E-state index in [0.717, 1.165) is 23.7 Å². The summed E-state index contributed by atoms with van der Waals surface area (Å²) >= 11 is 1.91. The van der Waals surface area contributed by atoms with Crippen LogP contribution < -0.4 is 0 Å². The number of hydrogen-bond acceptors (Lipinski definition) is 3. The van der Waals surface area contributed by atoms with Crippen molar-refractivity contribution in [1.29, 1.82) is 0 Å². The van der Waals surface area contributed by atoms with Crippen molar-refractivity contribution in [3.05, 3.63) is 35.4 Å². The average molecular weight is 276 g/mol. The molecule has 0 aliphatic carbocycles. The summed E-state index contributed by atoms with van der Waals surface area (Å²) in [7, 11) is 0. The molecule has 0 spiro atoms. The highest BCUT2D eigenvalue weighted by atomic mass is 32.2. The van der Waals surface area contributed by atoms with Crippen LogP contribution in [0.25, 0.3) is 0 Å². The zero-order valence-corrected chi connectivity index (χ0v) is 11.9. The molecule has 102 valence electrons. The minimum absolute atomic E-state index is 0.128. The van der Waals surface area contributed by atoms with E-state index in [1.807, 2.05) is 23.9 Å². The lowest BCUT2D eigenvalue weighted by atomic mass is 10.1. The smallest absolute Gasteiger partial charge is 0.0666 e. The summed E-state index contributed by atoms with van der Waals surface area (Å²) in [5, 5.41) is 8.76. The molecule has 0 aromatic heterocycles. The maximum absolute atomic E-state index is 8.76. The molecular weight excluding hydrogens is 256 g/mol. The van der Waals surface area contributed by atoms with Crippen LogP contribution in [0.15, 0.2) is 24.3 Å². The SMILES string of the molecule is OCCC#Cc1ccccc1CSCC1CCCO1. The zero-order chi connectivity index (χ0) is 13.3. The predicted octanol–water partition coefficient (Wildman–Crippen LogP) is 2.83. The monoisotopic (exact) mass is 276 g/mol. The van der Waals surface area contributed by atoms with Gasteiger partial charge in [0, 0.05) is 30.1 Å². The molecule has 1 fully saturated rings. The van der Waals surface area contributed by atoms with Crippen molar-refractivity contribution in [2.45, 2.75) is 31.1 Å². The molecule has 1 atom stereocenters. The first kappa shape index (κ1) is 14.5. The summed E-state index contributed by atoms with van der Waals surface area (Å²) in [5.74, 6) is 8.17. The normalized spacial score (nSPS) is 18.1. The van der Waals surface area contributed by atoms with Gasteiger partial charge in [-0.2, -0.15) is 11.8 Å². The van der Waals surface area contributed by atoms with E-state index in [0.29, 0.717) is 12.5 Å². The molecule has 0 radical (unpaired) electrons. The number of ether oxygens (including phenoxy) is 1. The largest absolute Gasteiger partial charge is 0.395 e. The van der Waals surface area contributed by atoms with Crippen LogP contribution in [0, 0.1) is 11.8 Å². The molecule has 2 nitrogen and oxygen atoms in total. The van der Waals surface area contributed by atoms with Gasteiger partial charge in [-0.15, -0.1) is 0 Å². The van der Waals surface area contributed by atoms with E-state index in [4.69, 9.17) is 9.84 Å². The van der Waals surface area contributed by atoms with E-state index in [9.17, 15) is 0 Å². The number of thioether (sulfide) groups is 1. The van der Waals surface area contributed by atoms with E-state index in [-0.39, 0.29) is 6.61 Å². The lowest BCUT2D eigenvalue weighted by Gasteiger charge is -2.09. The van der Waals surface area contributed by atoms with E-state index in [2.05, 4.69) is 24.0 Å². The fraction of sp³-hybridized carbons (Fsp3) is 0.500. The average Bonchev–Trinajstić information content (AvgIpc) is 2.94. The predicted molar refractivity (Wildman–Crippen MR) is 80.2 cm³/mol. The standard InChI is InChI=1S/C16H20O2S/c17-10-4-3-7-14-6-1-2-8-15(14)12-19-13-16-9-5-11-18-16/h1-2,6,8,16-17H,4-5,9-13H2. The quantitative estimate of drug-likeness (QED) is 0.839. The molecule has 1 unspecified atom stereocenters. The molecule has 1 aliphatic heterocycles. The van der Waals surface area contributed by atoms with Gasteiger partial charge in [-0.05, 0) is 24.5 Å². The van der Waals surface area contributed by atoms with Crippen LogP contribution in [0.1, 0.15) is 30.4 Å². The van der Waals surface area contributed by atoms with Crippen LogP contribution in [0.3, 0.4) is 0 Å². The minimum atomic E-state index is 0.128. The van der Waals surface area contributed by atoms with Gasteiger partial charge < -0.3 is 9.84 Å². The second-order valence-electron chi connectivity index (χ2n) is 4.58. The first-order chi connectivity index (χ1) is 9.40. The summed E-state index contributed by atoms with van der Waals surface area (Å²) in [5.41, 5.74) is 2.35. The van der Waals surface area contributed by atoms with E-state index < -0.39 is 0 Å². The van der Waals surface area contributed by atoms with E-state index in [1.165, 1.54) is 18.4 Å². The third-order valence-corrected chi connectivity index (χ3v) is 4.19. The Morgan fingerprint density at radius 3 is 3.05 bits per heavy atom. The summed E-state index contributed by atoms with van der Waals surface area (Å²) in [6.07, 6.45) is 3.38. The highest BCUT2D eigenvalue weighted by Crippen LogP contribution is 2.21. The van der Waals surface area contributed by atoms with Gasteiger partial charge >= 0.3 is 0 Å². The van der Waals surface area contributed by atoms with Crippen molar-refractivity contribution in [3.63, 3.8) is 0 Å². The topological polar surface area (TPSA) is 29.5 Å². The summed E-state index contributed by atoms with van der Waals surface area (Å²) in [4.78, 5) is 0. The van der Waals surface area contributed by atoms with Crippen LogP contribution in [0.4, 0.5) is 0 Å². The summed E-state index contributed by atoms with van der Waals surface area (Å²) in [6, 6.07) is 8.24. The van der Waals surface area contributed by atoms with Crippen LogP contribution in [-0.2, 0) is 10.5 Å². The van der Waals surface area contributed by atoms with E-state index >= 15 is 0 Å². The third-order valence-electron chi connectivity index (χ3n) is 3.06. The van der Waals surface area contributed by atoms with Gasteiger partial charge in [-0.25, -0.2) is 0 Å². The fourth-order valence-corrected chi connectivity index (χ4v) is 3.17. The number of aliphatic hydroxyl groups excluding tert-OH is 1. The zero-order valence-electron chi connectivity index (χ0n) is 11.1. The van der Waals surface area contributed by atoms with Gasteiger partial charge in [0.05, 0.1) is 12.7 Å². The molecule has 3 heteroatoms. The Balaban J connectivity index is 1.86. The molecule has 0 saturated carbocycles. The Bertz CT molecular complexity index is 442. The minimum Gasteiger partial charge on any atom is -0.395 e. The molecule has 19 heavy (non-hydrogen) atoms. The molecule has 1 aromatic rings. The van der Waals surface area contributed by atoms with Crippen molar-refractivity contribution in [1.82, 2.24) is 0 Å². The van der Waals surface area contributed by atoms with Crippen LogP contribution in [-0.4, -0.2) is 30.2 Å². The second kappa shape index (κ2) is 8.27. The third kappa shape index (κ3) is 4.91. The van der Waals surface area contributed by atoms with Crippen molar-refractivity contribution in [2.24, 2.45) is 0 Å². The molecule has 2 rings (SSSR count). The molecule has 0 bridgehead atoms. The van der Waals surface area contributed by atoms with Gasteiger partial charge in [0.2, 0.25) is 0 Å². The van der Waals surface area contributed by atoms with Crippen LogP contribution in [0.5, 0.6) is 0 Å². The van der Waals surface area contributed by atoms with Crippen molar-refractivity contribution in [3.8, 4) is 11.8 Å². The highest BCUT2D eigenvalue weighted by molar-refractivity contribution is 7.98. The maximum atomic E-state index is 8.76. The Hall–Kier alpha value is -0.950. The van der Waals surface area contributed by atoms with Crippen LogP contribution in [0.2, 0.25) is 0 Å². The molecule has 1 heterocycles. The molecule has 1 saturated heterocycles. The Kier molecular flexibility index (Phi) is 6.29. The number of rotatable bonds is 5. The molecule has 1 aromatic carbocycles. The molecule has 1 N–H and O–H groups in total. The van der Waals surface area contributed by atoms with E-state index in [1.54, 1.807) is 0 Å². The number of benzene rings is 1. The maximum Gasteiger partial charge on any atom is 0.0666 e. The Morgan fingerprint density at radius 1 is 1.37 bits per heavy atom. The highest BCUT2D eigenvalue weighted by Gasteiger charge is 2.15.